The Hall–Kier alpha value is -3.17. The van der Waals surface area contributed by atoms with Crippen LogP contribution in [-0.2, 0) is 25.5 Å². The number of pyridine rings is 2. The fraction of sp³-hybridized carbons (Fsp3) is 0.125. The fourth-order valence-corrected chi connectivity index (χ4v) is 5.78. The molecule has 3 aromatic heterocycles. The molecule has 4 heteroatoms. The summed E-state index contributed by atoms with van der Waals surface area (Å²) in [6.07, 6.45) is 3.71. The van der Waals surface area contributed by atoms with Crippen molar-refractivity contribution in [1.82, 2.24) is 9.97 Å². The topological polar surface area (TPSA) is 25.8 Å². The largest absolute Gasteiger partial charge is 0.305 e. The van der Waals surface area contributed by atoms with Gasteiger partial charge >= 0.3 is 0 Å². The molecule has 0 aliphatic heterocycles. The Morgan fingerprint density at radius 3 is 2.31 bits per heavy atom. The molecule has 0 aliphatic carbocycles. The first-order chi connectivity index (χ1) is 17.0. The van der Waals surface area contributed by atoms with E-state index in [0.717, 1.165) is 22.2 Å². The van der Waals surface area contributed by atoms with Crippen LogP contribution in [0.4, 0.5) is 0 Å². The normalized spacial score (nSPS) is 11.5. The van der Waals surface area contributed by atoms with Gasteiger partial charge in [0.05, 0.1) is 0 Å². The molecule has 0 unspecified atom stereocenters. The van der Waals surface area contributed by atoms with Crippen LogP contribution in [0.5, 0.6) is 0 Å². The average Bonchev–Trinajstić information content (AvgIpc) is 3.28. The fourth-order valence-electron chi connectivity index (χ4n) is 4.61. The first-order valence-corrected chi connectivity index (χ1v) is 12.6. The second-order valence-corrected chi connectivity index (χ2v) is 10.8. The predicted molar refractivity (Wildman–Crippen MR) is 149 cm³/mol. The molecule has 3 heterocycles. The van der Waals surface area contributed by atoms with E-state index >= 15 is 0 Å². The van der Waals surface area contributed by atoms with Gasteiger partial charge in [-0.2, -0.15) is 0 Å². The first kappa shape index (κ1) is 24.5. The number of thiophene rings is 1. The van der Waals surface area contributed by atoms with Crippen LogP contribution in [-0.4, -0.2) is 9.97 Å². The minimum Gasteiger partial charge on any atom is -0.305 e. The van der Waals surface area contributed by atoms with Crippen molar-refractivity contribution >= 4 is 53.2 Å². The van der Waals surface area contributed by atoms with Crippen molar-refractivity contribution in [3.63, 3.8) is 0 Å². The van der Waals surface area contributed by atoms with E-state index in [-0.39, 0.29) is 25.5 Å². The van der Waals surface area contributed by atoms with Crippen LogP contribution >= 0.6 is 11.3 Å². The van der Waals surface area contributed by atoms with E-state index < -0.39 is 0 Å². The summed E-state index contributed by atoms with van der Waals surface area (Å²) in [5, 5.41) is 6.41. The molecule has 1 radical (unpaired) electrons. The monoisotopic (exact) mass is 661 g/mol. The molecule has 7 rings (SSSR count). The SMILES string of the molecule is CC(C)(C)c1cc2sc3ccnc4c5[c-]cccc5c(c1)c2c34.[Ir].[c-]1ccccc1-c1ccccn1. The van der Waals surface area contributed by atoms with Gasteiger partial charge in [0.1, 0.15) is 0 Å². The standard InChI is InChI=1S/C21H16NS.C11H8N.Ir/c1-21(2,3)12-10-15-13-6-4-5-7-14(13)20-19-16(8-9-22-20)23-17(11-12)18(15)19;1-2-6-10(7-3-1)11-8-4-5-9-12-11;/h4-6,8-11H,1-3H3;1-6,8-9H;/q2*-1;. The van der Waals surface area contributed by atoms with Crippen molar-refractivity contribution < 1.29 is 20.1 Å². The summed E-state index contributed by atoms with van der Waals surface area (Å²) in [6.45, 7) is 6.84. The van der Waals surface area contributed by atoms with Gasteiger partial charge in [-0.25, -0.2) is 0 Å². The third kappa shape index (κ3) is 4.30. The number of nitrogens with zero attached hydrogens (tertiary/aromatic N) is 2. The molecule has 0 amide bonds. The van der Waals surface area contributed by atoms with E-state index in [1.54, 1.807) is 6.20 Å². The molecule has 0 fully saturated rings. The van der Waals surface area contributed by atoms with Crippen molar-refractivity contribution in [3.05, 3.63) is 109 Å². The number of hydrogen-bond acceptors (Lipinski definition) is 3. The molecule has 179 valence electrons. The zero-order valence-electron chi connectivity index (χ0n) is 20.3. The van der Waals surface area contributed by atoms with Crippen LogP contribution < -0.4 is 0 Å². The van der Waals surface area contributed by atoms with Crippen LogP contribution in [0.2, 0.25) is 0 Å². The maximum absolute atomic E-state index is 4.68. The van der Waals surface area contributed by atoms with Gasteiger partial charge < -0.3 is 9.97 Å². The van der Waals surface area contributed by atoms with Crippen LogP contribution in [0.1, 0.15) is 26.3 Å². The van der Waals surface area contributed by atoms with Crippen molar-refractivity contribution in [2.75, 3.05) is 0 Å². The van der Waals surface area contributed by atoms with E-state index in [1.807, 2.05) is 66.1 Å². The van der Waals surface area contributed by atoms with E-state index in [0.29, 0.717) is 0 Å². The Labute approximate surface area is 228 Å². The summed E-state index contributed by atoms with van der Waals surface area (Å²) < 4.78 is 2.69. The minimum atomic E-state index is 0. The number of rotatable bonds is 1. The molecule has 2 nitrogen and oxygen atoms in total. The van der Waals surface area contributed by atoms with E-state index in [4.69, 9.17) is 0 Å². The van der Waals surface area contributed by atoms with Crippen molar-refractivity contribution in [3.8, 4) is 11.3 Å². The molecule has 0 aliphatic rings. The average molecular weight is 661 g/mol. The Balaban J connectivity index is 0.000000175. The molecule has 36 heavy (non-hydrogen) atoms. The summed E-state index contributed by atoms with van der Waals surface area (Å²) >= 11 is 1.88. The zero-order chi connectivity index (χ0) is 24.0. The molecular formula is C32H24IrN2S-2. The van der Waals surface area contributed by atoms with Crippen LogP contribution in [0.15, 0.2) is 91.3 Å². The third-order valence-electron chi connectivity index (χ3n) is 6.38. The molecule has 0 saturated carbocycles. The van der Waals surface area contributed by atoms with Crippen molar-refractivity contribution in [1.29, 1.82) is 0 Å². The van der Waals surface area contributed by atoms with Gasteiger partial charge in [-0.15, -0.1) is 76.9 Å². The Morgan fingerprint density at radius 1 is 0.722 bits per heavy atom. The van der Waals surface area contributed by atoms with Gasteiger partial charge in [-0.05, 0) is 51.2 Å². The quantitative estimate of drug-likeness (QED) is 0.130. The summed E-state index contributed by atoms with van der Waals surface area (Å²) in [6, 6.07) is 33.4. The predicted octanol–water partition coefficient (Wildman–Crippen LogP) is 8.84. The van der Waals surface area contributed by atoms with Crippen molar-refractivity contribution in [2.24, 2.45) is 0 Å². The maximum Gasteiger partial charge on any atom is 0.0348 e. The number of benzene rings is 4. The summed E-state index contributed by atoms with van der Waals surface area (Å²) in [4.78, 5) is 8.90. The van der Waals surface area contributed by atoms with Crippen LogP contribution in [0.25, 0.3) is 53.1 Å². The molecule has 0 saturated heterocycles. The van der Waals surface area contributed by atoms with Gasteiger partial charge in [0.2, 0.25) is 0 Å². The van der Waals surface area contributed by atoms with Crippen LogP contribution in [0, 0.1) is 12.1 Å². The van der Waals surface area contributed by atoms with Crippen molar-refractivity contribution in [2.45, 2.75) is 26.2 Å². The molecule has 0 N–H and O–H groups in total. The van der Waals surface area contributed by atoms with E-state index in [1.165, 1.54) is 36.5 Å². The summed E-state index contributed by atoms with van der Waals surface area (Å²) in [7, 11) is 0. The zero-order valence-corrected chi connectivity index (χ0v) is 23.5. The molecule has 7 aromatic rings. The number of hydrogen-bond donors (Lipinski definition) is 0. The molecule has 0 atom stereocenters. The van der Waals surface area contributed by atoms with E-state index in [9.17, 15) is 0 Å². The Morgan fingerprint density at radius 2 is 1.56 bits per heavy atom. The Kier molecular flexibility index (Phi) is 6.61. The summed E-state index contributed by atoms with van der Waals surface area (Å²) in [5.41, 5.74) is 4.62. The van der Waals surface area contributed by atoms with Gasteiger partial charge in [0.15, 0.2) is 0 Å². The van der Waals surface area contributed by atoms with Gasteiger partial charge in [0, 0.05) is 41.9 Å². The first-order valence-electron chi connectivity index (χ1n) is 11.8. The maximum atomic E-state index is 4.68. The van der Waals surface area contributed by atoms with Gasteiger partial charge in [-0.1, -0.05) is 49.7 Å². The molecule has 4 aromatic carbocycles. The molecular weight excluding hydrogens is 637 g/mol. The van der Waals surface area contributed by atoms with Crippen LogP contribution in [0.3, 0.4) is 0 Å². The van der Waals surface area contributed by atoms with Gasteiger partial charge in [0.25, 0.3) is 0 Å². The smallest absolute Gasteiger partial charge is 0.0348 e. The second kappa shape index (κ2) is 9.71. The number of fused-ring (bicyclic) bond motifs is 3. The third-order valence-corrected chi connectivity index (χ3v) is 7.49. The summed E-state index contributed by atoms with van der Waals surface area (Å²) in [5.74, 6) is 0. The Bertz CT molecular complexity index is 1730. The molecule has 0 spiro atoms. The number of aromatic nitrogens is 2. The van der Waals surface area contributed by atoms with E-state index in [2.05, 4.69) is 73.2 Å². The minimum absolute atomic E-state index is 0. The van der Waals surface area contributed by atoms with Gasteiger partial charge in [-0.3, -0.25) is 0 Å². The molecule has 0 bridgehead atoms. The second-order valence-electron chi connectivity index (χ2n) is 9.73.